The number of aliphatic carboxylic acids is 1. The number of rotatable bonds is 7. The van der Waals surface area contributed by atoms with Gasteiger partial charge < -0.3 is 18.9 Å². The third kappa shape index (κ3) is 6.73. The largest absolute Gasteiger partial charge is 0.534 e. The number of piperidine rings is 1. The van der Waals surface area contributed by atoms with Crippen molar-refractivity contribution in [1.29, 1.82) is 0 Å². The summed E-state index contributed by atoms with van der Waals surface area (Å²) in [6.07, 6.45) is 2.69. The molecule has 0 spiro atoms. The van der Waals surface area contributed by atoms with E-state index in [1.807, 2.05) is 4.90 Å². The van der Waals surface area contributed by atoms with Crippen LogP contribution in [-0.2, 0) is 19.6 Å². The Kier molecular flexibility index (Phi) is 8.05. The van der Waals surface area contributed by atoms with E-state index in [0.717, 1.165) is 25.1 Å². The number of alkyl halides is 3. The molecule has 9 nitrogen and oxygen atoms in total. The van der Waals surface area contributed by atoms with Gasteiger partial charge in [-0.3, -0.25) is 9.97 Å². The number of hydrogen-bond donors (Lipinski definition) is 1. The van der Waals surface area contributed by atoms with E-state index in [-0.39, 0.29) is 11.1 Å². The van der Waals surface area contributed by atoms with E-state index in [1.165, 1.54) is 12.3 Å². The van der Waals surface area contributed by atoms with E-state index in [4.69, 9.17) is 4.74 Å². The molecule has 1 aliphatic rings. The zero-order chi connectivity index (χ0) is 28.7. The van der Waals surface area contributed by atoms with Crippen molar-refractivity contribution in [2.75, 3.05) is 18.0 Å². The summed E-state index contributed by atoms with van der Waals surface area (Å²) in [5, 5.41) is 10.1. The van der Waals surface area contributed by atoms with Crippen LogP contribution in [0.2, 0.25) is 0 Å². The molecular weight excluding hydrogens is 527 g/mol. The van der Waals surface area contributed by atoms with Crippen LogP contribution in [-0.4, -0.2) is 53.7 Å². The third-order valence-corrected chi connectivity index (χ3v) is 7.16. The Morgan fingerprint density at radius 1 is 1.11 bits per heavy atom. The van der Waals surface area contributed by atoms with Crippen LogP contribution in [0.15, 0.2) is 24.5 Å². The van der Waals surface area contributed by atoms with E-state index in [2.05, 4.69) is 28.0 Å². The second kappa shape index (κ2) is 10.3. The van der Waals surface area contributed by atoms with E-state index < -0.39 is 39.1 Å². The van der Waals surface area contributed by atoms with Crippen molar-refractivity contribution >= 4 is 21.8 Å². The Balaban J connectivity index is 2.15. The number of anilines is 1. The molecule has 2 aromatic heterocycles. The van der Waals surface area contributed by atoms with Gasteiger partial charge in [0.15, 0.2) is 11.9 Å². The highest BCUT2D eigenvalue weighted by molar-refractivity contribution is 7.88. The fourth-order valence-electron chi connectivity index (χ4n) is 4.14. The zero-order valence-electron chi connectivity index (χ0n) is 22.1. The second-order valence-electron chi connectivity index (χ2n) is 11.0. The molecule has 0 radical (unpaired) electrons. The maximum Gasteiger partial charge on any atom is 0.534 e. The van der Waals surface area contributed by atoms with Crippen LogP contribution in [0.5, 0.6) is 5.75 Å². The Morgan fingerprint density at radius 2 is 1.71 bits per heavy atom. The van der Waals surface area contributed by atoms with Gasteiger partial charge in [-0.2, -0.15) is 21.6 Å². The number of pyridine rings is 2. The van der Waals surface area contributed by atoms with Gasteiger partial charge in [-0.05, 0) is 58.1 Å². The summed E-state index contributed by atoms with van der Waals surface area (Å²) in [5.41, 5.74) is -4.27. The van der Waals surface area contributed by atoms with Gasteiger partial charge in [-0.1, -0.05) is 13.8 Å². The molecule has 1 atom stereocenters. The molecule has 0 aliphatic carbocycles. The maximum atomic E-state index is 12.7. The Morgan fingerprint density at radius 3 is 2.18 bits per heavy atom. The minimum atomic E-state index is -5.86. The van der Waals surface area contributed by atoms with Crippen molar-refractivity contribution in [3.05, 3.63) is 35.8 Å². The lowest BCUT2D eigenvalue weighted by atomic mass is 9.82. The van der Waals surface area contributed by atoms with Gasteiger partial charge >= 0.3 is 21.6 Å². The van der Waals surface area contributed by atoms with Gasteiger partial charge in [0.1, 0.15) is 0 Å². The topological polar surface area (TPSA) is 119 Å². The van der Waals surface area contributed by atoms with Gasteiger partial charge in [0.25, 0.3) is 0 Å². The summed E-state index contributed by atoms with van der Waals surface area (Å²) < 4.78 is 71.0. The Labute approximate surface area is 220 Å². The molecule has 38 heavy (non-hydrogen) atoms. The van der Waals surface area contributed by atoms with Crippen molar-refractivity contribution in [3.63, 3.8) is 0 Å². The molecule has 210 valence electrons. The van der Waals surface area contributed by atoms with Crippen molar-refractivity contribution in [3.8, 4) is 17.0 Å². The number of carboxylic acid groups (broad SMARTS) is 1. The molecule has 0 unspecified atom stereocenters. The quantitative estimate of drug-likeness (QED) is 0.358. The predicted molar refractivity (Wildman–Crippen MR) is 134 cm³/mol. The number of ether oxygens (including phenoxy) is 1. The van der Waals surface area contributed by atoms with Crippen molar-refractivity contribution < 1.29 is 40.4 Å². The smallest absolute Gasteiger partial charge is 0.479 e. The summed E-state index contributed by atoms with van der Waals surface area (Å²) in [6, 6.07) is 2.35. The van der Waals surface area contributed by atoms with E-state index in [1.54, 1.807) is 27.7 Å². The lowest BCUT2D eigenvalue weighted by molar-refractivity contribution is -0.160. The average molecular weight is 560 g/mol. The molecule has 1 saturated heterocycles. The van der Waals surface area contributed by atoms with E-state index in [0.29, 0.717) is 35.6 Å². The van der Waals surface area contributed by atoms with Gasteiger partial charge in [0.2, 0.25) is 0 Å². The molecule has 1 aliphatic heterocycles. The molecule has 0 bridgehead atoms. The zero-order valence-corrected chi connectivity index (χ0v) is 22.9. The van der Waals surface area contributed by atoms with Crippen LogP contribution in [0.4, 0.5) is 18.9 Å². The summed E-state index contributed by atoms with van der Waals surface area (Å²) in [4.78, 5) is 23.0. The number of aromatic nitrogens is 2. The van der Waals surface area contributed by atoms with Crippen LogP contribution in [0, 0.1) is 12.3 Å². The molecule has 1 fully saturated rings. The van der Waals surface area contributed by atoms with Crippen LogP contribution in [0.25, 0.3) is 11.3 Å². The first kappa shape index (κ1) is 29.6. The second-order valence-corrected chi connectivity index (χ2v) is 12.5. The van der Waals surface area contributed by atoms with Gasteiger partial charge in [-0.15, -0.1) is 0 Å². The van der Waals surface area contributed by atoms with Crippen LogP contribution >= 0.6 is 0 Å². The molecular formula is C25H32F3N3O6S. The highest BCUT2D eigenvalue weighted by Gasteiger charge is 2.48. The number of carbonyl (C=O) groups is 1. The monoisotopic (exact) mass is 559 g/mol. The SMILES string of the molecule is Cc1ncc(-c2ccc(OS(=O)(=O)C(F)(F)F)cn2)c(N2CCC(C)(C)CC2)c1[C@H](OC(C)(C)C)C(=O)O. The lowest BCUT2D eigenvalue weighted by Gasteiger charge is -2.40. The average Bonchev–Trinajstić information content (AvgIpc) is 2.76. The van der Waals surface area contributed by atoms with Crippen LogP contribution < -0.4 is 9.08 Å². The Bertz CT molecular complexity index is 1280. The molecule has 13 heteroatoms. The first-order valence-electron chi connectivity index (χ1n) is 11.9. The molecule has 0 aromatic carbocycles. The normalized spacial score (nSPS) is 17.2. The van der Waals surface area contributed by atoms with E-state index >= 15 is 0 Å². The molecule has 3 rings (SSSR count). The first-order chi connectivity index (χ1) is 17.3. The summed E-state index contributed by atoms with van der Waals surface area (Å²) >= 11 is 0. The number of halogens is 3. The number of nitrogens with zero attached hydrogens (tertiary/aromatic N) is 3. The Hall–Kier alpha value is -2.93. The number of carboxylic acids is 1. The third-order valence-electron chi connectivity index (χ3n) is 6.18. The molecule has 3 heterocycles. The standard InChI is InChI=1S/C25H32F3N3O6S/c1-15-19(21(22(32)33)36-23(2,3)4)20(31-11-9-24(5,6)10-12-31)17(14-29-15)18-8-7-16(13-30-18)37-38(34,35)25(26,27)28/h7-8,13-14,21H,9-12H2,1-6H3,(H,32,33)/t21-/m0/s1. The van der Waals surface area contributed by atoms with Crippen molar-refractivity contribution in [2.45, 2.75) is 71.6 Å². The van der Waals surface area contributed by atoms with Gasteiger partial charge in [0.05, 0.1) is 23.2 Å². The maximum absolute atomic E-state index is 12.7. The highest BCUT2D eigenvalue weighted by Crippen LogP contribution is 2.43. The fraction of sp³-hybridized carbons (Fsp3) is 0.560. The highest BCUT2D eigenvalue weighted by atomic mass is 32.2. The van der Waals surface area contributed by atoms with Crippen molar-refractivity contribution in [2.24, 2.45) is 5.41 Å². The van der Waals surface area contributed by atoms with E-state index in [9.17, 15) is 31.5 Å². The number of hydrogen-bond acceptors (Lipinski definition) is 8. The number of aryl methyl sites for hydroxylation is 1. The van der Waals surface area contributed by atoms with Crippen LogP contribution in [0.3, 0.4) is 0 Å². The van der Waals surface area contributed by atoms with Gasteiger partial charge in [-0.25, -0.2) is 4.79 Å². The fourth-order valence-corrected chi connectivity index (χ4v) is 4.58. The minimum Gasteiger partial charge on any atom is -0.479 e. The van der Waals surface area contributed by atoms with Crippen molar-refractivity contribution in [1.82, 2.24) is 9.97 Å². The van der Waals surface area contributed by atoms with Crippen LogP contribution in [0.1, 0.15) is 64.8 Å². The predicted octanol–water partition coefficient (Wildman–Crippen LogP) is 5.25. The molecule has 1 N–H and O–H groups in total. The molecule has 0 saturated carbocycles. The summed E-state index contributed by atoms with van der Waals surface area (Å²) in [7, 11) is -5.86. The van der Waals surface area contributed by atoms with Gasteiger partial charge in [0, 0.05) is 36.1 Å². The lowest BCUT2D eigenvalue weighted by Crippen LogP contribution is -2.39. The molecule has 0 amide bonds. The summed E-state index contributed by atoms with van der Waals surface area (Å²) in [6.45, 7) is 12.5. The molecule has 2 aromatic rings. The first-order valence-corrected chi connectivity index (χ1v) is 13.3. The summed E-state index contributed by atoms with van der Waals surface area (Å²) in [5.74, 6) is -1.82. The minimum absolute atomic E-state index is 0.0915.